The summed E-state index contributed by atoms with van der Waals surface area (Å²) in [7, 11) is 1.65. The van der Waals surface area contributed by atoms with Gasteiger partial charge in [-0.1, -0.05) is 30.3 Å². The zero-order valence-corrected chi connectivity index (χ0v) is 14.3. The Hall–Kier alpha value is -2.49. The Labute approximate surface area is 143 Å². The van der Waals surface area contributed by atoms with Gasteiger partial charge >= 0.3 is 0 Å². The molecule has 1 aliphatic rings. The van der Waals surface area contributed by atoms with E-state index < -0.39 is 0 Å². The third kappa shape index (κ3) is 3.53. The zero-order chi connectivity index (χ0) is 16.9. The van der Waals surface area contributed by atoms with E-state index in [2.05, 4.69) is 28.4 Å². The standard InChI is InChI=1S/C20H24N2O2/c1-15(22-13-5-7-17-6-3-4-8-19(17)22)20(23)21-14-16-9-11-18(24-2)12-10-16/h3-4,6,8-12,15H,5,7,13-14H2,1-2H3,(H,21,23)/t15-/m1/s1. The summed E-state index contributed by atoms with van der Waals surface area (Å²) in [5.41, 5.74) is 3.59. The lowest BCUT2D eigenvalue weighted by Gasteiger charge is -2.35. The van der Waals surface area contributed by atoms with Crippen molar-refractivity contribution in [2.24, 2.45) is 0 Å². The molecule has 0 fully saturated rings. The number of fused-ring (bicyclic) bond motifs is 1. The summed E-state index contributed by atoms with van der Waals surface area (Å²) in [5.74, 6) is 0.880. The summed E-state index contributed by atoms with van der Waals surface area (Å²) >= 11 is 0. The van der Waals surface area contributed by atoms with Crippen LogP contribution in [0.15, 0.2) is 48.5 Å². The minimum absolute atomic E-state index is 0.0579. The Kier molecular flexibility index (Phi) is 5.04. The van der Waals surface area contributed by atoms with Crippen LogP contribution in [0.4, 0.5) is 5.69 Å². The molecule has 3 rings (SSSR count). The maximum Gasteiger partial charge on any atom is 0.242 e. The predicted molar refractivity (Wildman–Crippen MR) is 96.4 cm³/mol. The van der Waals surface area contributed by atoms with Gasteiger partial charge in [-0.25, -0.2) is 0 Å². The van der Waals surface area contributed by atoms with Gasteiger partial charge in [0.2, 0.25) is 5.91 Å². The van der Waals surface area contributed by atoms with E-state index in [1.807, 2.05) is 37.3 Å². The number of nitrogens with one attached hydrogen (secondary N) is 1. The summed E-state index contributed by atoms with van der Waals surface area (Å²) < 4.78 is 5.15. The largest absolute Gasteiger partial charge is 0.497 e. The van der Waals surface area contributed by atoms with Crippen molar-refractivity contribution in [1.29, 1.82) is 0 Å². The van der Waals surface area contributed by atoms with E-state index in [1.165, 1.54) is 11.3 Å². The van der Waals surface area contributed by atoms with Crippen LogP contribution in [0.1, 0.15) is 24.5 Å². The molecular weight excluding hydrogens is 300 g/mol. The molecule has 1 heterocycles. The van der Waals surface area contributed by atoms with Gasteiger partial charge in [0.25, 0.3) is 0 Å². The highest BCUT2D eigenvalue weighted by molar-refractivity contribution is 5.85. The summed E-state index contributed by atoms with van der Waals surface area (Å²) in [6.07, 6.45) is 2.18. The number of anilines is 1. The van der Waals surface area contributed by atoms with Crippen LogP contribution in [-0.4, -0.2) is 25.6 Å². The quantitative estimate of drug-likeness (QED) is 0.918. The van der Waals surface area contributed by atoms with Crippen molar-refractivity contribution in [3.63, 3.8) is 0 Å². The van der Waals surface area contributed by atoms with E-state index in [0.717, 1.165) is 30.7 Å². The molecule has 0 bridgehead atoms. The van der Waals surface area contributed by atoms with Gasteiger partial charge in [0.1, 0.15) is 11.8 Å². The molecule has 0 unspecified atom stereocenters. The summed E-state index contributed by atoms with van der Waals surface area (Å²) in [5, 5.41) is 3.04. The molecule has 2 aromatic rings. The lowest BCUT2D eigenvalue weighted by atomic mass is 10.00. The molecule has 4 nitrogen and oxygen atoms in total. The lowest BCUT2D eigenvalue weighted by molar-refractivity contribution is -0.122. The molecule has 4 heteroatoms. The fraction of sp³-hybridized carbons (Fsp3) is 0.350. The maximum absolute atomic E-state index is 12.6. The van der Waals surface area contributed by atoms with Crippen molar-refractivity contribution in [3.8, 4) is 5.75 Å². The SMILES string of the molecule is COc1ccc(CNC(=O)[C@@H](C)N2CCCc3ccccc32)cc1. The fourth-order valence-electron chi connectivity index (χ4n) is 3.19. The Morgan fingerprint density at radius 1 is 1.21 bits per heavy atom. The van der Waals surface area contributed by atoms with Crippen molar-refractivity contribution in [3.05, 3.63) is 59.7 Å². The van der Waals surface area contributed by atoms with Crippen molar-refractivity contribution >= 4 is 11.6 Å². The van der Waals surface area contributed by atoms with E-state index >= 15 is 0 Å². The molecule has 1 amide bonds. The van der Waals surface area contributed by atoms with Gasteiger partial charge in [0.15, 0.2) is 0 Å². The monoisotopic (exact) mass is 324 g/mol. The minimum atomic E-state index is -0.176. The van der Waals surface area contributed by atoms with Gasteiger partial charge < -0.3 is 15.0 Å². The predicted octanol–water partition coefficient (Wildman–Crippen LogP) is 3.15. The van der Waals surface area contributed by atoms with Crippen molar-refractivity contribution < 1.29 is 9.53 Å². The van der Waals surface area contributed by atoms with Gasteiger partial charge in [0.05, 0.1) is 7.11 Å². The van der Waals surface area contributed by atoms with Crippen molar-refractivity contribution in [1.82, 2.24) is 5.32 Å². The highest BCUT2D eigenvalue weighted by atomic mass is 16.5. The van der Waals surface area contributed by atoms with Gasteiger partial charge in [0, 0.05) is 18.8 Å². The highest BCUT2D eigenvalue weighted by Gasteiger charge is 2.25. The van der Waals surface area contributed by atoms with Crippen molar-refractivity contribution in [2.75, 3.05) is 18.6 Å². The first-order valence-corrected chi connectivity index (χ1v) is 8.44. The van der Waals surface area contributed by atoms with Crippen LogP contribution in [-0.2, 0) is 17.8 Å². The molecule has 0 aromatic heterocycles. The molecule has 0 saturated carbocycles. The van der Waals surface area contributed by atoms with Crippen LogP contribution in [0.25, 0.3) is 0 Å². The number of hydrogen-bond donors (Lipinski definition) is 1. The third-order valence-electron chi connectivity index (χ3n) is 4.62. The number of methoxy groups -OCH3 is 1. The first kappa shape index (κ1) is 16.4. The zero-order valence-electron chi connectivity index (χ0n) is 14.3. The highest BCUT2D eigenvalue weighted by Crippen LogP contribution is 2.28. The fourth-order valence-corrected chi connectivity index (χ4v) is 3.19. The van der Waals surface area contributed by atoms with E-state index in [4.69, 9.17) is 4.74 Å². The average Bonchev–Trinajstić information content (AvgIpc) is 2.65. The lowest BCUT2D eigenvalue weighted by Crippen LogP contribution is -2.47. The number of amides is 1. The summed E-state index contributed by atoms with van der Waals surface area (Å²) in [6, 6.07) is 16.0. The normalized spacial score (nSPS) is 14.7. The number of benzene rings is 2. The molecule has 24 heavy (non-hydrogen) atoms. The van der Waals surface area contributed by atoms with Crippen LogP contribution in [0.2, 0.25) is 0 Å². The number of carbonyl (C=O) groups is 1. The molecule has 1 N–H and O–H groups in total. The summed E-state index contributed by atoms with van der Waals surface area (Å²) in [4.78, 5) is 14.8. The number of para-hydroxylation sites is 1. The summed E-state index contributed by atoms with van der Waals surface area (Å²) in [6.45, 7) is 3.43. The van der Waals surface area contributed by atoms with E-state index in [1.54, 1.807) is 7.11 Å². The molecular formula is C20H24N2O2. The second kappa shape index (κ2) is 7.39. The van der Waals surface area contributed by atoms with Crippen LogP contribution >= 0.6 is 0 Å². The molecule has 126 valence electrons. The molecule has 0 aliphatic carbocycles. The first-order chi connectivity index (χ1) is 11.7. The number of hydrogen-bond acceptors (Lipinski definition) is 3. The first-order valence-electron chi connectivity index (χ1n) is 8.44. The smallest absolute Gasteiger partial charge is 0.242 e. The second-order valence-corrected chi connectivity index (χ2v) is 6.17. The van der Waals surface area contributed by atoms with Gasteiger partial charge in [-0.2, -0.15) is 0 Å². The van der Waals surface area contributed by atoms with Crippen LogP contribution in [0.5, 0.6) is 5.75 Å². The van der Waals surface area contributed by atoms with E-state index in [9.17, 15) is 4.79 Å². The molecule has 0 spiro atoms. The molecule has 1 atom stereocenters. The van der Waals surface area contributed by atoms with Gasteiger partial charge in [-0.05, 0) is 49.1 Å². The number of rotatable bonds is 5. The number of ether oxygens (including phenoxy) is 1. The van der Waals surface area contributed by atoms with Crippen LogP contribution in [0, 0.1) is 0 Å². The second-order valence-electron chi connectivity index (χ2n) is 6.17. The number of aryl methyl sites for hydroxylation is 1. The number of nitrogens with zero attached hydrogens (tertiary/aromatic N) is 1. The topological polar surface area (TPSA) is 41.6 Å². The molecule has 0 radical (unpaired) electrons. The van der Waals surface area contributed by atoms with E-state index in [-0.39, 0.29) is 11.9 Å². The maximum atomic E-state index is 12.6. The Balaban J connectivity index is 1.62. The Morgan fingerprint density at radius 3 is 2.71 bits per heavy atom. The third-order valence-corrected chi connectivity index (χ3v) is 4.62. The molecule has 1 aliphatic heterocycles. The van der Waals surface area contributed by atoms with Crippen molar-refractivity contribution in [2.45, 2.75) is 32.4 Å². The minimum Gasteiger partial charge on any atom is -0.497 e. The van der Waals surface area contributed by atoms with Crippen LogP contribution < -0.4 is 15.0 Å². The molecule has 0 saturated heterocycles. The van der Waals surface area contributed by atoms with E-state index in [0.29, 0.717) is 6.54 Å². The van der Waals surface area contributed by atoms with Crippen LogP contribution in [0.3, 0.4) is 0 Å². The van der Waals surface area contributed by atoms with Gasteiger partial charge in [-0.3, -0.25) is 4.79 Å². The van der Waals surface area contributed by atoms with Gasteiger partial charge in [-0.15, -0.1) is 0 Å². The Bertz CT molecular complexity index is 697. The average molecular weight is 324 g/mol. The Morgan fingerprint density at radius 2 is 1.96 bits per heavy atom. The molecule has 2 aromatic carbocycles. The number of carbonyl (C=O) groups excluding carboxylic acids is 1.